The zero-order valence-electron chi connectivity index (χ0n) is 16.8. The van der Waals surface area contributed by atoms with Crippen LogP contribution < -0.4 is 9.88 Å². The van der Waals surface area contributed by atoms with Gasteiger partial charge in [-0.1, -0.05) is 24.3 Å². The quantitative estimate of drug-likeness (QED) is 0.423. The van der Waals surface area contributed by atoms with Crippen LogP contribution in [0.15, 0.2) is 65.0 Å². The molecule has 0 saturated heterocycles. The highest BCUT2D eigenvalue weighted by atomic mass is 32.2. The highest BCUT2D eigenvalue weighted by molar-refractivity contribution is 7.89. The van der Waals surface area contributed by atoms with Crippen molar-refractivity contribution in [3.05, 3.63) is 76.9 Å². The molecule has 0 aliphatic heterocycles. The maximum Gasteiger partial charge on any atom is 0.355 e. The molecule has 0 atom stereocenters. The van der Waals surface area contributed by atoms with Crippen molar-refractivity contribution in [2.75, 3.05) is 7.11 Å². The Balaban J connectivity index is 1.76. The van der Waals surface area contributed by atoms with Gasteiger partial charge in [-0.15, -0.1) is 11.3 Å². The molecular formula is C21H18N4O5S2. The van der Waals surface area contributed by atoms with Crippen LogP contribution in [-0.2, 0) is 16.4 Å². The smallest absolute Gasteiger partial charge is 0.355 e. The SMILES string of the molecule is COc1cccc(-c2nn(-c3nc(C(=O)O)cs3)cc2Cc2ccc(S(N)(=O)=O)cc2)c1. The minimum absolute atomic E-state index is 0.0361. The summed E-state index contributed by atoms with van der Waals surface area (Å²) in [5.74, 6) is -0.439. The van der Waals surface area contributed by atoms with Crippen molar-refractivity contribution in [3.63, 3.8) is 0 Å². The van der Waals surface area contributed by atoms with Crippen LogP contribution in [0.5, 0.6) is 5.75 Å². The minimum Gasteiger partial charge on any atom is -0.497 e. The number of carboxylic acids is 1. The summed E-state index contributed by atoms with van der Waals surface area (Å²) in [5, 5.41) is 20.9. The van der Waals surface area contributed by atoms with Gasteiger partial charge in [0.2, 0.25) is 15.2 Å². The molecule has 3 N–H and O–H groups in total. The van der Waals surface area contributed by atoms with Crippen LogP contribution in [-0.4, -0.2) is 41.4 Å². The van der Waals surface area contributed by atoms with Crippen molar-refractivity contribution in [1.29, 1.82) is 0 Å². The van der Waals surface area contributed by atoms with E-state index in [0.717, 1.165) is 16.7 Å². The molecule has 0 amide bonds. The minimum atomic E-state index is -3.77. The van der Waals surface area contributed by atoms with Crippen LogP contribution >= 0.6 is 11.3 Å². The zero-order chi connectivity index (χ0) is 22.9. The van der Waals surface area contributed by atoms with Gasteiger partial charge in [0.05, 0.1) is 17.7 Å². The summed E-state index contributed by atoms with van der Waals surface area (Å²) in [4.78, 5) is 15.4. The van der Waals surface area contributed by atoms with E-state index in [2.05, 4.69) is 10.1 Å². The molecule has 0 spiro atoms. The van der Waals surface area contributed by atoms with E-state index in [0.29, 0.717) is 23.0 Å². The molecule has 0 aliphatic carbocycles. The second-order valence-corrected chi connectivity index (χ2v) is 9.26. The van der Waals surface area contributed by atoms with Gasteiger partial charge in [-0.25, -0.2) is 28.0 Å². The maximum absolute atomic E-state index is 11.5. The normalized spacial score (nSPS) is 11.4. The number of nitrogens with zero attached hydrogens (tertiary/aromatic N) is 3. The Bertz CT molecular complexity index is 1390. The molecule has 4 rings (SSSR count). The van der Waals surface area contributed by atoms with Gasteiger partial charge >= 0.3 is 5.97 Å². The average molecular weight is 471 g/mol. The Morgan fingerprint density at radius 1 is 1.22 bits per heavy atom. The standard InChI is InChI=1S/C21H18N4O5S2/c1-30-16-4-2-3-14(10-16)19-15(9-13-5-7-17(8-6-13)32(22,28)29)11-25(24-19)21-23-18(12-31-21)20(26)27/h2-8,10-12H,9H2,1H3,(H,26,27)(H2,22,28,29). The number of benzene rings is 2. The van der Waals surface area contributed by atoms with Gasteiger partial charge in [-0.05, 0) is 29.8 Å². The lowest BCUT2D eigenvalue weighted by Gasteiger charge is -2.06. The monoisotopic (exact) mass is 470 g/mol. The molecule has 32 heavy (non-hydrogen) atoms. The molecule has 11 heteroatoms. The fraction of sp³-hybridized carbons (Fsp3) is 0.0952. The van der Waals surface area contributed by atoms with Crippen LogP contribution in [0.25, 0.3) is 16.4 Å². The van der Waals surface area contributed by atoms with E-state index in [1.54, 1.807) is 30.1 Å². The largest absolute Gasteiger partial charge is 0.497 e. The average Bonchev–Trinajstić information content (AvgIpc) is 3.41. The number of carboxylic acid groups (broad SMARTS) is 1. The van der Waals surface area contributed by atoms with Gasteiger partial charge in [-0.2, -0.15) is 5.10 Å². The van der Waals surface area contributed by atoms with E-state index >= 15 is 0 Å². The van der Waals surface area contributed by atoms with Gasteiger partial charge < -0.3 is 9.84 Å². The molecule has 2 aromatic carbocycles. The molecule has 9 nitrogen and oxygen atoms in total. The molecule has 0 unspecified atom stereocenters. The topological polar surface area (TPSA) is 137 Å². The third-order valence-corrected chi connectivity index (χ3v) is 6.45. The van der Waals surface area contributed by atoms with Crippen molar-refractivity contribution in [1.82, 2.24) is 14.8 Å². The molecule has 4 aromatic rings. The third kappa shape index (κ3) is 4.54. The fourth-order valence-electron chi connectivity index (χ4n) is 3.14. The lowest BCUT2D eigenvalue weighted by atomic mass is 10.0. The molecule has 0 aliphatic rings. The van der Waals surface area contributed by atoms with Crippen molar-refractivity contribution in [2.45, 2.75) is 11.3 Å². The number of carbonyl (C=O) groups is 1. The number of methoxy groups -OCH3 is 1. The predicted molar refractivity (Wildman–Crippen MR) is 119 cm³/mol. The number of hydrogen-bond acceptors (Lipinski definition) is 7. The van der Waals surface area contributed by atoms with Crippen molar-refractivity contribution in [2.24, 2.45) is 5.14 Å². The number of hydrogen-bond donors (Lipinski definition) is 2. The van der Waals surface area contributed by atoms with E-state index in [4.69, 9.17) is 15.0 Å². The van der Waals surface area contributed by atoms with E-state index in [9.17, 15) is 13.2 Å². The lowest BCUT2D eigenvalue weighted by molar-refractivity contribution is 0.0691. The Labute approximate surface area is 187 Å². The second kappa shape index (κ2) is 8.54. The Morgan fingerprint density at radius 3 is 2.59 bits per heavy atom. The van der Waals surface area contributed by atoms with Crippen LogP contribution in [0, 0.1) is 0 Å². The van der Waals surface area contributed by atoms with Crippen LogP contribution in [0.2, 0.25) is 0 Å². The molecule has 0 saturated carbocycles. The number of primary sulfonamides is 1. The molecule has 2 aromatic heterocycles. The zero-order valence-corrected chi connectivity index (χ0v) is 18.4. The number of thiazole rings is 1. The highest BCUT2D eigenvalue weighted by Gasteiger charge is 2.17. The number of sulfonamides is 1. The first-order valence-electron chi connectivity index (χ1n) is 9.28. The first-order chi connectivity index (χ1) is 15.2. The summed E-state index contributed by atoms with van der Waals surface area (Å²) in [5.41, 5.74) is 3.13. The number of nitrogens with two attached hydrogens (primary N) is 1. The van der Waals surface area contributed by atoms with Gasteiger partial charge in [0.15, 0.2) is 5.69 Å². The summed E-state index contributed by atoms with van der Waals surface area (Å²) < 4.78 is 29.9. The van der Waals surface area contributed by atoms with E-state index < -0.39 is 16.0 Å². The molecular weight excluding hydrogens is 452 g/mol. The summed E-state index contributed by atoms with van der Waals surface area (Å²) in [7, 11) is -2.20. The van der Waals surface area contributed by atoms with E-state index in [-0.39, 0.29) is 10.6 Å². The first kappa shape index (κ1) is 21.7. The van der Waals surface area contributed by atoms with Crippen molar-refractivity contribution < 1.29 is 23.1 Å². The van der Waals surface area contributed by atoms with E-state index in [1.807, 2.05) is 24.3 Å². The van der Waals surface area contributed by atoms with Gasteiger partial charge in [0.25, 0.3) is 0 Å². The summed E-state index contributed by atoms with van der Waals surface area (Å²) >= 11 is 1.17. The van der Waals surface area contributed by atoms with Crippen molar-refractivity contribution >= 4 is 27.3 Å². The third-order valence-electron chi connectivity index (χ3n) is 4.69. The Morgan fingerprint density at radius 2 is 1.97 bits per heavy atom. The Kier molecular flexibility index (Phi) is 5.78. The number of rotatable bonds is 7. The summed E-state index contributed by atoms with van der Waals surface area (Å²) in [6.45, 7) is 0. The van der Waals surface area contributed by atoms with Gasteiger partial charge in [-0.3, -0.25) is 0 Å². The number of ether oxygens (including phenoxy) is 1. The predicted octanol–water partition coefficient (Wildman–Crippen LogP) is 2.94. The number of aromatic carboxylic acids is 1. The summed E-state index contributed by atoms with van der Waals surface area (Å²) in [6.07, 6.45) is 2.24. The summed E-state index contributed by atoms with van der Waals surface area (Å²) in [6, 6.07) is 13.7. The van der Waals surface area contributed by atoms with Crippen LogP contribution in [0.3, 0.4) is 0 Å². The maximum atomic E-state index is 11.5. The van der Waals surface area contributed by atoms with Crippen LogP contribution in [0.4, 0.5) is 0 Å². The van der Waals surface area contributed by atoms with Gasteiger partial charge in [0.1, 0.15) is 5.75 Å². The lowest BCUT2D eigenvalue weighted by Crippen LogP contribution is -2.11. The van der Waals surface area contributed by atoms with Crippen LogP contribution in [0.1, 0.15) is 21.6 Å². The highest BCUT2D eigenvalue weighted by Crippen LogP contribution is 2.29. The first-order valence-corrected chi connectivity index (χ1v) is 11.7. The van der Waals surface area contributed by atoms with E-state index in [1.165, 1.54) is 28.8 Å². The second-order valence-electron chi connectivity index (χ2n) is 6.87. The van der Waals surface area contributed by atoms with Gasteiger partial charge in [0, 0.05) is 29.1 Å². The molecule has 0 radical (unpaired) electrons. The molecule has 2 heterocycles. The molecule has 0 bridgehead atoms. The van der Waals surface area contributed by atoms with Crippen molar-refractivity contribution in [3.8, 4) is 22.1 Å². The Hall–Kier alpha value is -3.54. The molecule has 0 fully saturated rings. The number of aromatic nitrogens is 3. The molecule has 164 valence electrons. The fourth-order valence-corrected chi connectivity index (χ4v) is 4.37.